The monoisotopic (exact) mass is 260 g/mol. The third-order valence-electron chi connectivity index (χ3n) is 4.24. The van der Waals surface area contributed by atoms with Crippen LogP contribution in [0.2, 0.25) is 0 Å². The van der Waals surface area contributed by atoms with Crippen molar-refractivity contribution in [1.82, 2.24) is 14.4 Å². The van der Waals surface area contributed by atoms with Crippen LogP contribution in [0.25, 0.3) is 0 Å². The summed E-state index contributed by atoms with van der Waals surface area (Å²) < 4.78 is 7.74. The van der Waals surface area contributed by atoms with Crippen LogP contribution >= 0.6 is 0 Å². The van der Waals surface area contributed by atoms with Crippen molar-refractivity contribution in [3.05, 3.63) is 23.5 Å². The molecule has 102 valence electrons. The molecule has 0 radical (unpaired) electrons. The molecular weight excluding hydrogens is 240 g/mol. The van der Waals surface area contributed by atoms with Crippen LogP contribution in [0.1, 0.15) is 11.3 Å². The van der Waals surface area contributed by atoms with E-state index in [-0.39, 0.29) is 0 Å². The summed E-state index contributed by atoms with van der Waals surface area (Å²) >= 11 is 0. The van der Waals surface area contributed by atoms with Gasteiger partial charge in [0.2, 0.25) is 0 Å². The van der Waals surface area contributed by atoms with Gasteiger partial charge in [-0.25, -0.2) is 0 Å². The van der Waals surface area contributed by atoms with E-state index >= 15 is 0 Å². The lowest BCUT2D eigenvalue weighted by Crippen LogP contribution is -2.48. The Morgan fingerprint density at radius 1 is 1.42 bits per heavy atom. The topological polar surface area (TPSA) is 44.4 Å². The molecule has 3 rings (SSSR count). The van der Waals surface area contributed by atoms with Gasteiger partial charge in [0.1, 0.15) is 11.8 Å². The van der Waals surface area contributed by atoms with Crippen LogP contribution in [-0.4, -0.2) is 59.8 Å². The third-order valence-corrected chi connectivity index (χ3v) is 4.24. The minimum atomic E-state index is 0.345. The fraction of sp³-hybridized carbons (Fsp3) is 0.643. The summed E-state index contributed by atoms with van der Waals surface area (Å²) in [7, 11) is 4.10. The lowest BCUT2D eigenvalue weighted by Gasteiger charge is -2.33. The summed E-state index contributed by atoms with van der Waals surface area (Å²) in [4.78, 5) is 4.83. The van der Waals surface area contributed by atoms with Gasteiger partial charge in [0, 0.05) is 45.5 Å². The van der Waals surface area contributed by atoms with Crippen LogP contribution in [0.4, 0.5) is 0 Å². The first-order valence-corrected chi connectivity index (χ1v) is 6.77. The second-order valence-corrected chi connectivity index (χ2v) is 5.61. The molecule has 2 aliphatic rings. The fourth-order valence-electron chi connectivity index (χ4n) is 3.15. The molecule has 19 heavy (non-hydrogen) atoms. The Morgan fingerprint density at radius 2 is 2.26 bits per heavy atom. The Bertz CT molecular complexity index is 504. The van der Waals surface area contributed by atoms with E-state index < -0.39 is 0 Å². The Kier molecular flexibility index (Phi) is 3.31. The summed E-state index contributed by atoms with van der Waals surface area (Å²) in [6.45, 7) is 4.82. The van der Waals surface area contributed by atoms with Gasteiger partial charge in [0.15, 0.2) is 0 Å². The first-order valence-electron chi connectivity index (χ1n) is 6.77. The minimum absolute atomic E-state index is 0.345. The summed E-state index contributed by atoms with van der Waals surface area (Å²) in [6, 6.07) is 4.71. The standard InChI is InChI=1S/C14H20N4O/c1-16-3-4-19-14-10-18(9-13(14)16)8-11-5-12(6-15)17(2)7-11/h5,7,13-14H,3-4,8-10H2,1-2H3/t13-,14+/m0/s1. The van der Waals surface area contributed by atoms with Crippen molar-refractivity contribution < 1.29 is 4.74 Å². The van der Waals surface area contributed by atoms with Crippen LogP contribution in [0.3, 0.4) is 0 Å². The second-order valence-electron chi connectivity index (χ2n) is 5.61. The van der Waals surface area contributed by atoms with Gasteiger partial charge in [-0.15, -0.1) is 0 Å². The van der Waals surface area contributed by atoms with Gasteiger partial charge in [-0.05, 0) is 18.7 Å². The quantitative estimate of drug-likeness (QED) is 0.772. The minimum Gasteiger partial charge on any atom is -0.374 e. The van der Waals surface area contributed by atoms with E-state index in [9.17, 15) is 0 Å². The summed E-state index contributed by atoms with van der Waals surface area (Å²) in [5.74, 6) is 0. The molecule has 0 spiro atoms. The van der Waals surface area contributed by atoms with Crippen molar-refractivity contribution >= 4 is 0 Å². The van der Waals surface area contributed by atoms with Gasteiger partial charge in [-0.2, -0.15) is 5.26 Å². The van der Waals surface area contributed by atoms with Crippen LogP contribution in [0, 0.1) is 11.3 Å². The summed E-state index contributed by atoms with van der Waals surface area (Å²) in [6.07, 6.45) is 2.39. The van der Waals surface area contributed by atoms with Gasteiger partial charge in [-0.3, -0.25) is 9.80 Å². The van der Waals surface area contributed by atoms with E-state index in [1.165, 1.54) is 5.56 Å². The molecule has 0 bridgehead atoms. The summed E-state index contributed by atoms with van der Waals surface area (Å²) in [5, 5.41) is 8.98. The molecule has 2 saturated heterocycles. The maximum absolute atomic E-state index is 8.98. The molecule has 2 atom stereocenters. The van der Waals surface area contributed by atoms with Crippen molar-refractivity contribution in [3.8, 4) is 6.07 Å². The number of likely N-dealkylation sites (tertiary alicyclic amines) is 1. The van der Waals surface area contributed by atoms with Crippen LogP contribution in [-0.2, 0) is 18.3 Å². The zero-order chi connectivity index (χ0) is 13.4. The smallest absolute Gasteiger partial charge is 0.120 e. The molecule has 1 aromatic heterocycles. The van der Waals surface area contributed by atoms with Gasteiger partial charge >= 0.3 is 0 Å². The summed E-state index contributed by atoms with van der Waals surface area (Å²) in [5.41, 5.74) is 1.93. The molecule has 1 aromatic rings. The number of rotatable bonds is 2. The molecule has 2 fully saturated rings. The average Bonchev–Trinajstić information content (AvgIpc) is 2.94. The maximum Gasteiger partial charge on any atom is 0.120 e. The zero-order valence-corrected chi connectivity index (χ0v) is 11.5. The number of aromatic nitrogens is 1. The van der Waals surface area contributed by atoms with Crippen molar-refractivity contribution in [2.45, 2.75) is 18.7 Å². The number of fused-ring (bicyclic) bond motifs is 1. The van der Waals surface area contributed by atoms with Crippen molar-refractivity contribution in [2.24, 2.45) is 7.05 Å². The molecule has 3 heterocycles. The molecule has 0 unspecified atom stereocenters. The van der Waals surface area contributed by atoms with Crippen molar-refractivity contribution in [2.75, 3.05) is 33.3 Å². The molecule has 0 aliphatic carbocycles. The predicted octanol–water partition coefficient (Wildman–Crippen LogP) is 0.412. The largest absolute Gasteiger partial charge is 0.374 e. The number of nitrogens with zero attached hydrogens (tertiary/aromatic N) is 4. The number of ether oxygens (including phenoxy) is 1. The second kappa shape index (κ2) is 4.97. The number of likely N-dealkylation sites (N-methyl/N-ethyl adjacent to an activating group) is 1. The highest BCUT2D eigenvalue weighted by molar-refractivity contribution is 5.28. The van der Waals surface area contributed by atoms with Gasteiger partial charge in [0.25, 0.3) is 0 Å². The van der Waals surface area contributed by atoms with Gasteiger partial charge in [-0.1, -0.05) is 0 Å². The molecule has 2 aliphatic heterocycles. The highest BCUT2D eigenvalue weighted by Crippen LogP contribution is 2.23. The Labute approximate surface area is 114 Å². The molecule has 0 aromatic carbocycles. The molecule has 0 amide bonds. The highest BCUT2D eigenvalue weighted by atomic mass is 16.5. The van der Waals surface area contributed by atoms with Crippen molar-refractivity contribution in [3.63, 3.8) is 0 Å². The molecular formula is C14H20N4O. The van der Waals surface area contributed by atoms with Crippen molar-refractivity contribution in [1.29, 1.82) is 5.26 Å². The number of morpholine rings is 1. The lowest BCUT2D eigenvalue weighted by molar-refractivity contribution is -0.0370. The number of hydrogen-bond acceptors (Lipinski definition) is 4. The Morgan fingerprint density at radius 3 is 2.95 bits per heavy atom. The number of hydrogen-bond donors (Lipinski definition) is 0. The molecule has 0 N–H and O–H groups in total. The number of nitriles is 1. The molecule has 5 nitrogen and oxygen atoms in total. The zero-order valence-electron chi connectivity index (χ0n) is 11.5. The average molecular weight is 260 g/mol. The van der Waals surface area contributed by atoms with Crippen LogP contribution < -0.4 is 0 Å². The number of aryl methyl sites for hydroxylation is 1. The SMILES string of the molecule is CN1CCO[C@@H]2CN(Cc3cc(C#N)n(C)c3)C[C@@H]21. The third kappa shape index (κ3) is 2.39. The predicted molar refractivity (Wildman–Crippen MR) is 71.6 cm³/mol. The van der Waals surface area contributed by atoms with E-state index in [2.05, 4.69) is 22.9 Å². The normalized spacial score (nSPS) is 28.3. The lowest BCUT2D eigenvalue weighted by atomic mass is 10.1. The van der Waals surface area contributed by atoms with E-state index in [1.807, 2.05) is 23.9 Å². The first-order chi connectivity index (χ1) is 9.17. The Balaban J connectivity index is 1.66. The fourth-order valence-corrected chi connectivity index (χ4v) is 3.15. The van der Waals surface area contributed by atoms with E-state index in [4.69, 9.17) is 10.00 Å². The Hall–Kier alpha value is -1.35. The highest BCUT2D eigenvalue weighted by Gasteiger charge is 2.38. The van der Waals surface area contributed by atoms with E-state index in [0.717, 1.165) is 38.5 Å². The van der Waals surface area contributed by atoms with Crippen LogP contribution in [0.15, 0.2) is 12.3 Å². The molecule has 0 saturated carbocycles. The maximum atomic E-state index is 8.98. The van der Waals surface area contributed by atoms with E-state index in [0.29, 0.717) is 12.1 Å². The molecule has 5 heteroatoms. The van der Waals surface area contributed by atoms with Gasteiger partial charge < -0.3 is 9.30 Å². The van der Waals surface area contributed by atoms with Gasteiger partial charge in [0.05, 0.1) is 12.7 Å². The van der Waals surface area contributed by atoms with E-state index in [1.54, 1.807) is 0 Å². The first kappa shape index (κ1) is 12.7. The van der Waals surface area contributed by atoms with Crippen LogP contribution in [0.5, 0.6) is 0 Å².